The first-order valence-electron chi connectivity index (χ1n) is 10.7. The number of carbonyl (C=O) groups is 1. The van der Waals surface area contributed by atoms with Crippen molar-refractivity contribution >= 4 is 5.91 Å². The summed E-state index contributed by atoms with van der Waals surface area (Å²) in [5.74, 6) is 0.341. The molecule has 2 aromatic carbocycles. The molecule has 4 nitrogen and oxygen atoms in total. The van der Waals surface area contributed by atoms with Gasteiger partial charge < -0.3 is 9.64 Å². The van der Waals surface area contributed by atoms with Crippen LogP contribution in [0.4, 0.5) is 0 Å². The van der Waals surface area contributed by atoms with Crippen LogP contribution >= 0.6 is 0 Å². The zero-order chi connectivity index (χ0) is 20.6. The summed E-state index contributed by atoms with van der Waals surface area (Å²) in [4.78, 5) is 17.9. The molecule has 0 saturated carbocycles. The summed E-state index contributed by atoms with van der Waals surface area (Å²) in [5.41, 5.74) is 2.40. The van der Waals surface area contributed by atoms with Crippen LogP contribution in [0.3, 0.4) is 0 Å². The van der Waals surface area contributed by atoms with Crippen LogP contribution in [0.5, 0.6) is 0 Å². The average molecular weight is 395 g/mol. The van der Waals surface area contributed by atoms with E-state index in [1.54, 1.807) is 7.11 Å². The largest absolute Gasteiger partial charge is 0.385 e. The molecule has 3 rings (SSSR count). The normalized spacial score (nSPS) is 20.2. The maximum Gasteiger partial charge on any atom is 0.223 e. The van der Waals surface area contributed by atoms with Gasteiger partial charge in [0.15, 0.2) is 0 Å². The van der Waals surface area contributed by atoms with Crippen LogP contribution in [0.15, 0.2) is 60.7 Å². The Labute approximate surface area is 175 Å². The van der Waals surface area contributed by atoms with Crippen molar-refractivity contribution in [2.75, 3.05) is 33.4 Å². The van der Waals surface area contributed by atoms with Gasteiger partial charge in [-0.3, -0.25) is 9.69 Å². The molecule has 2 atom stereocenters. The van der Waals surface area contributed by atoms with Gasteiger partial charge in [-0.25, -0.2) is 0 Å². The van der Waals surface area contributed by atoms with Gasteiger partial charge in [0.05, 0.1) is 0 Å². The molecular formula is C25H34N2O2. The van der Waals surface area contributed by atoms with Crippen LogP contribution in [-0.4, -0.2) is 61.1 Å². The number of nitrogens with zero attached hydrogens (tertiary/aromatic N) is 2. The number of hydrogen-bond acceptors (Lipinski definition) is 3. The minimum absolute atomic E-state index is 0.0928. The van der Waals surface area contributed by atoms with Crippen LogP contribution in [0.25, 0.3) is 0 Å². The fourth-order valence-electron chi connectivity index (χ4n) is 4.50. The van der Waals surface area contributed by atoms with Crippen molar-refractivity contribution in [2.45, 2.75) is 44.7 Å². The molecule has 1 saturated heterocycles. The predicted octanol–water partition coefficient (Wildman–Crippen LogP) is 4.17. The van der Waals surface area contributed by atoms with E-state index < -0.39 is 0 Å². The van der Waals surface area contributed by atoms with Gasteiger partial charge in [-0.2, -0.15) is 0 Å². The number of piperazine rings is 1. The first kappa shape index (κ1) is 21.5. The Morgan fingerprint density at radius 1 is 0.966 bits per heavy atom. The Balaban J connectivity index is 1.69. The van der Waals surface area contributed by atoms with E-state index in [-0.39, 0.29) is 11.8 Å². The molecule has 2 aromatic rings. The Morgan fingerprint density at radius 3 is 1.97 bits per heavy atom. The second-order valence-electron chi connectivity index (χ2n) is 8.16. The smallest absolute Gasteiger partial charge is 0.223 e. The van der Waals surface area contributed by atoms with Gasteiger partial charge in [-0.1, -0.05) is 60.7 Å². The molecule has 156 valence electrons. The number of methoxy groups -OCH3 is 1. The molecule has 0 N–H and O–H groups in total. The summed E-state index contributed by atoms with van der Waals surface area (Å²) < 4.78 is 5.20. The van der Waals surface area contributed by atoms with E-state index in [9.17, 15) is 4.79 Å². The zero-order valence-electron chi connectivity index (χ0n) is 18.0. The molecule has 1 heterocycles. The van der Waals surface area contributed by atoms with Gasteiger partial charge in [0.2, 0.25) is 5.91 Å². The van der Waals surface area contributed by atoms with Gasteiger partial charge in [0, 0.05) is 57.8 Å². The summed E-state index contributed by atoms with van der Waals surface area (Å²) in [6.45, 7) is 7.87. The molecule has 29 heavy (non-hydrogen) atoms. The SMILES string of the molecule is COCCCN1C(C)CN(C(=O)CC(c2ccccc2)c2ccccc2)CC1C. The van der Waals surface area contributed by atoms with E-state index in [1.165, 1.54) is 11.1 Å². The minimum atomic E-state index is 0.0928. The van der Waals surface area contributed by atoms with E-state index >= 15 is 0 Å². The highest BCUT2D eigenvalue weighted by Gasteiger charge is 2.32. The number of carbonyl (C=O) groups excluding carboxylic acids is 1. The van der Waals surface area contributed by atoms with E-state index in [0.29, 0.717) is 18.5 Å². The van der Waals surface area contributed by atoms with Crippen molar-refractivity contribution in [2.24, 2.45) is 0 Å². The van der Waals surface area contributed by atoms with E-state index in [4.69, 9.17) is 4.74 Å². The molecule has 1 aliphatic rings. The summed E-state index contributed by atoms with van der Waals surface area (Å²) in [6.07, 6.45) is 1.54. The summed E-state index contributed by atoms with van der Waals surface area (Å²) in [5, 5.41) is 0. The molecule has 0 aromatic heterocycles. The second-order valence-corrected chi connectivity index (χ2v) is 8.16. The monoisotopic (exact) mass is 394 g/mol. The van der Waals surface area contributed by atoms with Crippen LogP contribution in [0, 0.1) is 0 Å². The van der Waals surface area contributed by atoms with Crippen LogP contribution < -0.4 is 0 Å². The van der Waals surface area contributed by atoms with Crippen LogP contribution in [-0.2, 0) is 9.53 Å². The molecule has 0 spiro atoms. The average Bonchev–Trinajstić information content (AvgIpc) is 2.75. The standard InChI is InChI=1S/C25H34N2O2/c1-20-18-26(19-21(2)27(20)15-10-16-29-3)25(28)17-24(22-11-6-4-7-12-22)23-13-8-5-9-14-23/h4-9,11-14,20-21,24H,10,15-19H2,1-3H3. The van der Waals surface area contributed by atoms with Gasteiger partial charge in [0.1, 0.15) is 0 Å². The van der Waals surface area contributed by atoms with Gasteiger partial charge in [-0.15, -0.1) is 0 Å². The number of ether oxygens (including phenoxy) is 1. The highest BCUT2D eigenvalue weighted by molar-refractivity contribution is 5.78. The lowest BCUT2D eigenvalue weighted by atomic mass is 9.88. The number of rotatable bonds is 8. The topological polar surface area (TPSA) is 32.8 Å². The minimum Gasteiger partial charge on any atom is -0.385 e. The van der Waals surface area contributed by atoms with Crippen LogP contribution in [0.1, 0.15) is 43.7 Å². The lowest BCUT2D eigenvalue weighted by Gasteiger charge is -2.44. The maximum atomic E-state index is 13.3. The summed E-state index contributed by atoms with van der Waals surface area (Å²) in [7, 11) is 1.75. The maximum absolute atomic E-state index is 13.3. The lowest BCUT2D eigenvalue weighted by Crippen LogP contribution is -2.58. The lowest BCUT2D eigenvalue weighted by molar-refractivity contribution is -0.135. The summed E-state index contributed by atoms with van der Waals surface area (Å²) in [6, 6.07) is 21.5. The molecule has 0 radical (unpaired) electrons. The van der Waals surface area contributed by atoms with Gasteiger partial charge >= 0.3 is 0 Å². The third-order valence-corrected chi connectivity index (χ3v) is 6.00. The third kappa shape index (κ3) is 5.68. The van der Waals surface area contributed by atoms with Gasteiger partial charge in [0.25, 0.3) is 0 Å². The number of hydrogen-bond donors (Lipinski definition) is 0. The fourth-order valence-corrected chi connectivity index (χ4v) is 4.50. The van der Waals surface area contributed by atoms with Crippen molar-refractivity contribution in [1.82, 2.24) is 9.80 Å². The van der Waals surface area contributed by atoms with Crippen molar-refractivity contribution in [3.63, 3.8) is 0 Å². The molecule has 2 unspecified atom stereocenters. The van der Waals surface area contributed by atoms with Crippen molar-refractivity contribution in [1.29, 1.82) is 0 Å². The first-order valence-corrected chi connectivity index (χ1v) is 10.7. The molecule has 1 aliphatic heterocycles. The van der Waals surface area contributed by atoms with E-state index in [1.807, 2.05) is 12.1 Å². The van der Waals surface area contributed by atoms with Crippen LogP contribution in [0.2, 0.25) is 0 Å². The Bertz CT molecular complexity index is 698. The zero-order valence-corrected chi connectivity index (χ0v) is 18.0. The van der Waals surface area contributed by atoms with Gasteiger partial charge in [-0.05, 0) is 31.4 Å². The van der Waals surface area contributed by atoms with Crippen molar-refractivity contribution in [3.05, 3.63) is 71.8 Å². The molecular weight excluding hydrogens is 360 g/mol. The first-order chi connectivity index (χ1) is 14.1. The Hall–Kier alpha value is -2.17. The predicted molar refractivity (Wildman–Crippen MR) is 118 cm³/mol. The highest BCUT2D eigenvalue weighted by Crippen LogP contribution is 2.29. The Kier molecular flexibility index (Phi) is 7.84. The highest BCUT2D eigenvalue weighted by atomic mass is 16.5. The Morgan fingerprint density at radius 2 is 1.48 bits per heavy atom. The molecule has 4 heteroatoms. The van der Waals surface area contributed by atoms with E-state index in [0.717, 1.165) is 32.7 Å². The number of benzene rings is 2. The quantitative estimate of drug-likeness (QED) is 0.630. The molecule has 0 bridgehead atoms. The van der Waals surface area contributed by atoms with E-state index in [2.05, 4.69) is 72.2 Å². The fraction of sp³-hybridized carbons (Fsp3) is 0.480. The molecule has 1 fully saturated rings. The third-order valence-electron chi connectivity index (χ3n) is 6.00. The van der Waals surface area contributed by atoms with Crippen molar-refractivity contribution < 1.29 is 9.53 Å². The van der Waals surface area contributed by atoms with Crippen molar-refractivity contribution in [3.8, 4) is 0 Å². The second kappa shape index (κ2) is 10.6. The summed E-state index contributed by atoms with van der Waals surface area (Å²) >= 11 is 0. The number of amides is 1. The molecule has 0 aliphatic carbocycles. The molecule has 1 amide bonds.